The molecule has 7 heteroatoms. The Hall–Kier alpha value is -2.88. The molecule has 0 aliphatic rings. The lowest BCUT2D eigenvalue weighted by atomic mass is 10.3. The standard InChI is InChI=1S/C12H11N5O2/c1-15(2)8-14-12-11(7-13)16(18)9-5-3-4-6-10(9)17(12)19/h3-6,8H,1-2H3. The maximum Gasteiger partial charge on any atom is 0.414 e. The number of hydrogen-bond acceptors (Lipinski definition) is 4. The fourth-order valence-corrected chi connectivity index (χ4v) is 1.61. The van der Waals surface area contributed by atoms with E-state index >= 15 is 0 Å². The van der Waals surface area contributed by atoms with Gasteiger partial charge >= 0.3 is 11.5 Å². The van der Waals surface area contributed by atoms with Gasteiger partial charge in [0.15, 0.2) is 6.07 Å². The average molecular weight is 257 g/mol. The molecule has 0 aliphatic heterocycles. The summed E-state index contributed by atoms with van der Waals surface area (Å²) in [5.74, 6) is -0.218. The molecule has 0 amide bonds. The van der Waals surface area contributed by atoms with Gasteiger partial charge < -0.3 is 15.3 Å². The Bertz CT molecular complexity index is 703. The van der Waals surface area contributed by atoms with Crippen LogP contribution in [-0.2, 0) is 0 Å². The summed E-state index contributed by atoms with van der Waals surface area (Å²) >= 11 is 0. The molecule has 19 heavy (non-hydrogen) atoms. The zero-order valence-electron chi connectivity index (χ0n) is 10.4. The van der Waals surface area contributed by atoms with Crippen molar-refractivity contribution in [3.8, 4) is 6.07 Å². The topological polar surface area (TPSA) is 93.3 Å². The van der Waals surface area contributed by atoms with Gasteiger partial charge in [0.05, 0.1) is 0 Å². The summed E-state index contributed by atoms with van der Waals surface area (Å²) in [7, 11) is 3.44. The molecule has 96 valence electrons. The number of hydrogen-bond donors (Lipinski definition) is 0. The van der Waals surface area contributed by atoms with Crippen molar-refractivity contribution < 1.29 is 9.46 Å². The smallest absolute Gasteiger partial charge is 0.414 e. The van der Waals surface area contributed by atoms with Gasteiger partial charge in [-0.1, -0.05) is 12.1 Å². The minimum atomic E-state index is -0.327. The predicted molar refractivity (Wildman–Crippen MR) is 68.4 cm³/mol. The van der Waals surface area contributed by atoms with E-state index in [9.17, 15) is 10.4 Å². The van der Waals surface area contributed by atoms with Crippen LogP contribution in [0, 0.1) is 21.7 Å². The van der Waals surface area contributed by atoms with Gasteiger partial charge in [0.25, 0.3) is 5.52 Å². The Labute approximate surface area is 109 Å². The summed E-state index contributed by atoms with van der Waals surface area (Å²) < 4.78 is 0.911. The van der Waals surface area contributed by atoms with E-state index in [0.717, 1.165) is 0 Å². The summed E-state index contributed by atoms with van der Waals surface area (Å²) in [4.78, 5) is 5.50. The third kappa shape index (κ3) is 2.11. The molecule has 0 unspecified atom stereocenters. The molecule has 0 saturated carbocycles. The van der Waals surface area contributed by atoms with Gasteiger partial charge in [0.1, 0.15) is 0 Å². The van der Waals surface area contributed by atoms with Crippen LogP contribution in [0.3, 0.4) is 0 Å². The molecule has 2 aromatic rings. The average Bonchev–Trinajstić information content (AvgIpc) is 2.41. The molecule has 0 aliphatic carbocycles. The van der Waals surface area contributed by atoms with E-state index in [2.05, 4.69) is 4.99 Å². The van der Waals surface area contributed by atoms with Crippen molar-refractivity contribution in [2.75, 3.05) is 14.1 Å². The minimum Gasteiger partial charge on any atom is -0.710 e. The fraction of sp³-hybridized carbons (Fsp3) is 0.167. The van der Waals surface area contributed by atoms with Gasteiger partial charge in [-0.05, 0) is 11.1 Å². The lowest BCUT2D eigenvalue weighted by Gasteiger charge is -2.09. The molecule has 0 spiro atoms. The Morgan fingerprint density at radius 3 is 2.32 bits per heavy atom. The van der Waals surface area contributed by atoms with Crippen molar-refractivity contribution in [1.29, 1.82) is 5.26 Å². The number of rotatable bonds is 2. The molecular formula is C12H11N5O2. The van der Waals surface area contributed by atoms with Crippen molar-refractivity contribution in [3.63, 3.8) is 0 Å². The van der Waals surface area contributed by atoms with E-state index in [-0.39, 0.29) is 22.5 Å². The zero-order chi connectivity index (χ0) is 14.0. The largest absolute Gasteiger partial charge is 0.710 e. The van der Waals surface area contributed by atoms with Gasteiger partial charge in [0, 0.05) is 20.2 Å². The molecule has 0 N–H and O–H groups in total. The van der Waals surface area contributed by atoms with Crippen LogP contribution in [0.5, 0.6) is 0 Å². The molecule has 1 aromatic heterocycles. The molecule has 7 nitrogen and oxygen atoms in total. The van der Waals surface area contributed by atoms with Gasteiger partial charge in [-0.3, -0.25) is 0 Å². The van der Waals surface area contributed by atoms with Crippen LogP contribution < -0.4 is 9.46 Å². The first-order chi connectivity index (χ1) is 9.06. The van der Waals surface area contributed by atoms with E-state index < -0.39 is 0 Å². The number of nitrogens with zero attached hydrogens (tertiary/aromatic N) is 5. The van der Waals surface area contributed by atoms with Crippen molar-refractivity contribution >= 4 is 23.2 Å². The Morgan fingerprint density at radius 1 is 1.21 bits per heavy atom. The number of fused-ring (bicyclic) bond motifs is 1. The van der Waals surface area contributed by atoms with Crippen LogP contribution in [-0.4, -0.2) is 25.3 Å². The monoisotopic (exact) mass is 257 g/mol. The normalized spacial score (nSPS) is 10.8. The highest BCUT2D eigenvalue weighted by atomic mass is 16.5. The van der Waals surface area contributed by atoms with Crippen LogP contribution in [0.25, 0.3) is 11.0 Å². The second-order valence-corrected chi connectivity index (χ2v) is 4.07. The summed E-state index contributed by atoms with van der Waals surface area (Å²) in [6.45, 7) is 0. The Balaban J connectivity index is 2.83. The number of nitriles is 1. The van der Waals surface area contributed by atoms with Crippen LogP contribution in [0.15, 0.2) is 29.3 Å². The lowest BCUT2D eigenvalue weighted by molar-refractivity contribution is -0.621. The third-order valence-electron chi connectivity index (χ3n) is 2.44. The molecule has 0 bridgehead atoms. The second-order valence-electron chi connectivity index (χ2n) is 4.07. The van der Waals surface area contributed by atoms with Gasteiger partial charge in [-0.15, -0.1) is 4.73 Å². The number of para-hydroxylation sites is 2. The highest BCUT2D eigenvalue weighted by molar-refractivity contribution is 5.69. The molecule has 2 rings (SSSR count). The van der Waals surface area contributed by atoms with E-state index in [1.54, 1.807) is 37.2 Å². The first-order valence-corrected chi connectivity index (χ1v) is 5.44. The molecule has 1 heterocycles. The molecule has 0 saturated heterocycles. The SMILES string of the molecule is CN(C)C=Nc1c(C#N)[n+]([O-])c2ccccc2[n+]1[O-]. The van der Waals surface area contributed by atoms with Crippen molar-refractivity contribution in [2.24, 2.45) is 4.99 Å². The van der Waals surface area contributed by atoms with Gasteiger partial charge in [0.2, 0.25) is 11.9 Å². The second kappa shape index (κ2) is 4.78. The predicted octanol–water partition coefficient (Wildman–Crippen LogP) is 0.200. The molecule has 1 aromatic carbocycles. The molecular weight excluding hydrogens is 246 g/mol. The van der Waals surface area contributed by atoms with Gasteiger partial charge in [-0.25, -0.2) is 4.73 Å². The third-order valence-corrected chi connectivity index (χ3v) is 2.44. The lowest BCUT2D eigenvalue weighted by Crippen LogP contribution is -2.41. The maximum absolute atomic E-state index is 12.2. The summed E-state index contributed by atoms with van der Waals surface area (Å²) in [6.07, 6.45) is 1.36. The first kappa shape index (κ1) is 12.6. The van der Waals surface area contributed by atoms with Crippen molar-refractivity contribution in [2.45, 2.75) is 0 Å². The van der Waals surface area contributed by atoms with Crippen molar-refractivity contribution in [3.05, 3.63) is 40.4 Å². The van der Waals surface area contributed by atoms with Crippen LogP contribution >= 0.6 is 0 Å². The van der Waals surface area contributed by atoms with E-state index in [1.165, 1.54) is 18.5 Å². The zero-order valence-corrected chi connectivity index (χ0v) is 10.4. The minimum absolute atomic E-state index is 0.137. The van der Waals surface area contributed by atoms with E-state index in [0.29, 0.717) is 9.46 Å². The van der Waals surface area contributed by atoms with Crippen LogP contribution in [0.1, 0.15) is 5.69 Å². The fourth-order valence-electron chi connectivity index (χ4n) is 1.61. The van der Waals surface area contributed by atoms with Gasteiger partial charge in [-0.2, -0.15) is 5.26 Å². The van der Waals surface area contributed by atoms with E-state index in [4.69, 9.17) is 5.26 Å². The summed E-state index contributed by atoms with van der Waals surface area (Å²) in [5, 5.41) is 33.2. The number of benzene rings is 1. The quantitative estimate of drug-likeness (QED) is 0.332. The summed E-state index contributed by atoms with van der Waals surface area (Å²) in [5.41, 5.74) is -0.0212. The van der Waals surface area contributed by atoms with E-state index in [1.807, 2.05) is 0 Å². The number of aromatic nitrogens is 2. The molecule has 0 fully saturated rings. The number of aliphatic imine (C=N–C) groups is 1. The van der Waals surface area contributed by atoms with Crippen molar-refractivity contribution in [1.82, 2.24) is 4.90 Å². The van der Waals surface area contributed by atoms with Crippen LogP contribution in [0.4, 0.5) is 5.82 Å². The Morgan fingerprint density at radius 2 is 1.79 bits per heavy atom. The molecule has 0 radical (unpaired) electrons. The maximum atomic E-state index is 12.2. The molecule has 0 atom stereocenters. The highest BCUT2D eigenvalue weighted by Gasteiger charge is 2.26. The summed E-state index contributed by atoms with van der Waals surface area (Å²) in [6, 6.07) is 7.97. The van der Waals surface area contributed by atoms with Crippen LogP contribution in [0.2, 0.25) is 0 Å². The highest BCUT2D eigenvalue weighted by Crippen LogP contribution is 2.14. The Kier molecular flexibility index (Phi) is 3.16. The first-order valence-electron chi connectivity index (χ1n) is 5.44.